The van der Waals surface area contributed by atoms with Crippen LogP contribution in [0.3, 0.4) is 0 Å². The minimum absolute atomic E-state index is 0.162. The van der Waals surface area contributed by atoms with E-state index >= 15 is 0 Å². The number of anilines is 2. The zero-order valence-corrected chi connectivity index (χ0v) is 21.1. The molecule has 2 saturated heterocycles. The van der Waals surface area contributed by atoms with E-state index in [1.165, 1.54) is 36.4 Å². The number of aliphatic carboxylic acids is 1. The van der Waals surface area contributed by atoms with Gasteiger partial charge in [0.2, 0.25) is 17.9 Å². The fourth-order valence-electron chi connectivity index (χ4n) is 5.31. The molecule has 0 saturated carbocycles. The van der Waals surface area contributed by atoms with Gasteiger partial charge in [0, 0.05) is 31.3 Å². The topological polar surface area (TPSA) is 114 Å². The average Bonchev–Trinajstić information content (AvgIpc) is 3.32. The van der Waals surface area contributed by atoms with Crippen molar-refractivity contribution in [1.29, 1.82) is 0 Å². The van der Waals surface area contributed by atoms with E-state index in [0.717, 1.165) is 12.1 Å². The Bertz CT molecular complexity index is 1390. The summed E-state index contributed by atoms with van der Waals surface area (Å²) in [6, 6.07) is 9.06. The second kappa shape index (κ2) is 10.5. The molecule has 0 aliphatic carbocycles. The van der Waals surface area contributed by atoms with Gasteiger partial charge in [-0.25, -0.2) is 8.78 Å². The number of nitrogens with two attached hydrogens (primary N) is 1. The van der Waals surface area contributed by atoms with Gasteiger partial charge in [-0.2, -0.15) is 23.1 Å². The maximum absolute atomic E-state index is 14.1. The number of nitrogens with one attached hydrogen (secondary N) is 1. The molecule has 3 heterocycles. The molecule has 2 aromatic carbocycles. The van der Waals surface area contributed by atoms with Crippen molar-refractivity contribution in [3.05, 3.63) is 65.7 Å². The van der Waals surface area contributed by atoms with E-state index in [0.29, 0.717) is 55.8 Å². The molecule has 1 spiro atoms. The minimum Gasteiger partial charge on any atom is -0.480 e. The number of ether oxygens (including phenoxy) is 1. The van der Waals surface area contributed by atoms with Crippen LogP contribution in [0.4, 0.5) is 33.7 Å². The Morgan fingerprint density at radius 1 is 1.05 bits per heavy atom. The van der Waals surface area contributed by atoms with E-state index in [9.17, 15) is 31.9 Å². The predicted octanol–water partition coefficient (Wildman–Crippen LogP) is 4.72. The summed E-state index contributed by atoms with van der Waals surface area (Å²) in [5.74, 6) is -3.28. The number of carbonyl (C=O) groups is 1. The van der Waals surface area contributed by atoms with Gasteiger partial charge in [0.1, 0.15) is 11.9 Å². The fraction of sp³-hybridized carbons (Fsp3) is 0.370. The molecule has 2 aliphatic heterocycles. The summed E-state index contributed by atoms with van der Waals surface area (Å²) in [6.45, 7) is 1.61. The number of aromatic nitrogens is 2. The smallest absolute Gasteiger partial charge is 0.429 e. The van der Waals surface area contributed by atoms with Crippen LogP contribution in [0.15, 0.2) is 48.5 Å². The number of hydrogen-bond acceptors (Lipinski definition) is 7. The predicted molar refractivity (Wildman–Crippen MR) is 136 cm³/mol. The van der Waals surface area contributed by atoms with E-state index in [1.54, 1.807) is 0 Å². The lowest BCUT2D eigenvalue weighted by atomic mass is 9.76. The summed E-state index contributed by atoms with van der Waals surface area (Å²) in [6.07, 6.45) is -5.32. The lowest BCUT2D eigenvalue weighted by Crippen LogP contribution is -2.41. The quantitative estimate of drug-likeness (QED) is 0.370. The van der Waals surface area contributed by atoms with E-state index < -0.39 is 35.9 Å². The molecule has 2 aliphatic rings. The van der Waals surface area contributed by atoms with Crippen LogP contribution in [0.1, 0.15) is 30.9 Å². The van der Waals surface area contributed by atoms with Crippen molar-refractivity contribution in [2.45, 2.75) is 37.6 Å². The lowest BCUT2D eigenvalue weighted by molar-refractivity contribution is -0.198. The Morgan fingerprint density at radius 2 is 1.73 bits per heavy atom. The Morgan fingerprint density at radius 3 is 2.33 bits per heavy atom. The number of hydrogen-bond donors (Lipinski definition) is 3. The van der Waals surface area contributed by atoms with Crippen LogP contribution in [-0.4, -0.2) is 52.9 Å². The number of alkyl halides is 3. The second-order valence-electron chi connectivity index (χ2n) is 10.2. The molecule has 0 bridgehead atoms. The Kier molecular flexibility index (Phi) is 7.25. The summed E-state index contributed by atoms with van der Waals surface area (Å²) < 4.78 is 74.4. The highest BCUT2D eigenvalue weighted by molar-refractivity contribution is 5.74. The third-order valence-corrected chi connectivity index (χ3v) is 7.52. The van der Waals surface area contributed by atoms with Gasteiger partial charge in [-0.05, 0) is 47.9 Å². The van der Waals surface area contributed by atoms with Gasteiger partial charge >= 0.3 is 12.1 Å². The Labute approximate surface area is 226 Å². The standard InChI is InChI=1S/C27H26F5N5O3/c28-18-6-5-17(11-19(18)29)15-1-3-16(4-2-15)23(27(30,31)32)40-22-12-21(35-25(33)36-22)37-9-7-26(8-10-37)13-20(24(38)39)34-14-26/h1-6,11-12,20,23,34H,7-10,13-14H2,(H,38,39)(H2,33,35,36)/t20-,23?/m0/s1. The first kappa shape index (κ1) is 27.6. The molecule has 13 heteroatoms. The zero-order chi connectivity index (χ0) is 28.7. The molecule has 0 radical (unpaired) electrons. The average molecular weight is 564 g/mol. The molecule has 1 unspecified atom stereocenters. The molecule has 2 atom stereocenters. The van der Waals surface area contributed by atoms with Gasteiger partial charge in [0.15, 0.2) is 11.6 Å². The van der Waals surface area contributed by atoms with Crippen LogP contribution < -0.4 is 20.7 Å². The number of nitrogen functional groups attached to an aromatic ring is 1. The van der Waals surface area contributed by atoms with Crippen molar-refractivity contribution in [2.75, 3.05) is 30.3 Å². The minimum atomic E-state index is -4.81. The highest BCUT2D eigenvalue weighted by Crippen LogP contribution is 2.41. The Hall–Kier alpha value is -4.00. The highest BCUT2D eigenvalue weighted by atomic mass is 19.4. The van der Waals surface area contributed by atoms with Crippen molar-refractivity contribution >= 4 is 17.7 Å². The van der Waals surface area contributed by atoms with E-state index in [4.69, 9.17) is 10.5 Å². The number of rotatable bonds is 6. The van der Waals surface area contributed by atoms with Crippen LogP contribution >= 0.6 is 0 Å². The van der Waals surface area contributed by atoms with Crippen LogP contribution in [0.25, 0.3) is 11.1 Å². The van der Waals surface area contributed by atoms with Crippen LogP contribution in [0.5, 0.6) is 5.88 Å². The first-order valence-electron chi connectivity index (χ1n) is 12.6. The Balaban J connectivity index is 1.32. The molecule has 40 heavy (non-hydrogen) atoms. The molecule has 5 rings (SSSR count). The number of benzene rings is 2. The van der Waals surface area contributed by atoms with E-state index in [-0.39, 0.29) is 22.8 Å². The SMILES string of the molecule is Nc1nc(OC(c2ccc(-c3ccc(F)c(F)c3)cc2)C(F)(F)F)cc(N2CCC3(CC2)CN[C@H](C(=O)O)C3)n1. The summed E-state index contributed by atoms with van der Waals surface area (Å²) in [5, 5.41) is 12.3. The normalized spacial score (nSPS) is 19.5. The van der Waals surface area contributed by atoms with Crippen molar-refractivity contribution in [3.63, 3.8) is 0 Å². The highest BCUT2D eigenvalue weighted by Gasteiger charge is 2.45. The lowest BCUT2D eigenvalue weighted by Gasteiger charge is -2.39. The fourth-order valence-corrected chi connectivity index (χ4v) is 5.31. The number of nitrogens with zero attached hydrogens (tertiary/aromatic N) is 3. The number of piperidine rings is 1. The van der Waals surface area contributed by atoms with Crippen molar-refractivity contribution in [3.8, 4) is 17.0 Å². The molecular formula is C27H26F5N5O3. The summed E-state index contributed by atoms with van der Waals surface area (Å²) in [5.41, 5.74) is 6.14. The van der Waals surface area contributed by atoms with Gasteiger partial charge in [0.05, 0.1) is 0 Å². The van der Waals surface area contributed by atoms with Crippen molar-refractivity contribution in [2.24, 2.45) is 5.41 Å². The molecule has 1 aromatic heterocycles. The van der Waals surface area contributed by atoms with Gasteiger partial charge in [0.25, 0.3) is 0 Å². The zero-order valence-electron chi connectivity index (χ0n) is 21.1. The summed E-state index contributed by atoms with van der Waals surface area (Å²) in [4.78, 5) is 21.2. The second-order valence-corrected chi connectivity index (χ2v) is 10.2. The molecule has 3 aromatic rings. The van der Waals surface area contributed by atoms with Gasteiger partial charge in [-0.3, -0.25) is 4.79 Å². The molecule has 8 nitrogen and oxygen atoms in total. The van der Waals surface area contributed by atoms with E-state index in [2.05, 4.69) is 15.3 Å². The molecule has 212 valence electrons. The first-order chi connectivity index (χ1) is 18.9. The maximum atomic E-state index is 14.1. The number of halogens is 5. The van der Waals surface area contributed by atoms with E-state index in [1.807, 2.05) is 4.90 Å². The van der Waals surface area contributed by atoms with Gasteiger partial charge < -0.3 is 25.8 Å². The summed E-state index contributed by atoms with van der Waals surface area (Å²) >= 11 is 0. The molecular weight excluding hydrogens is 537 g/mol. The third kappa shape index (κ3) is 5.79. The van der Waals surface area contributed by atoms with Crippen LogP contribution in [0, 0.1) is 17.0 Å². The van der Waals surface area contributed by atoms with Crippen LogP contribution in [0.2, 0.25) is 0 Å². The number of carboxylic acids is 1. The van der Waals surface area contributed by atoms with Gasteiger partial charge in [-0.1, -0.05) is 30.3 Å². The van der Waals surface area contributed by atoms with Crippen molar-refractivity contribution in [1.82, 2.24) is 15.3 Å². The largest absolute Gasteiger partial charge is 0.480 e. The first-order valence-corrected chi connectivity index (χ1v) is 12.6. The molecule has 4 N–H and O–H groups in total. The molecule has 2 fully saturated rings. The molecule has 0 amide bonds. The monoisotopic (exact) mass is 563 g/mol. The number of carboxylic acid groups (broad SMARTS) is 1. The van der Waals surface area contributed by atoms with Crippen molar-refractivity contribution < 1.29 is 36.6 Å². The summed E-state index contributed by atoms with van der Waals surface area (Å²) in [7, 11) is 0. The maximum Gasteiger partial charge on any atom is 0.429 e. The van der Waals surface area contributed by atoms with Gasteiger partial charge in [-0.15, -0.1) is 0 Å². The third-order valence-electron chi connectivity index (χ3n) is 7.52. The van der Waals surface area contributed by atoms with Crippen LogP contribution in [-0.2, 0) is 4.79 Å².